The number of hydrogen-bond donors (Lipinski definition) is 0. The number of halogens is 1. The van der Waals surface area contributed by atoms with Gasteiger partial charge >= 0.3 is 0 Å². The molecular formula is C22H29FN4OS. The van der Waals surface area contributed by atoms with Crippen molar-refractivity contribution < 1.29 is 9.18 Å². The minimum absolute atomic E-state index is 0.175. The predicted molar refractivity (Wildman–Crippen MR) is 114 cm³/mol. The first-order valence-corrected chi connectivity index (χ1v) is 11.0. The second-order valence-electron chi connectivity index (χ2n) is 9.89. The highest BCUT2D eigenvalue weighted by Crippen LogP contribution is 2.52. The van der Waals surface area contributed by atoms with Crippen molar-refractivity contribution in [2.45, 2.75) is 52.5 Å². The van der Waals surface area contributed by atoms with Gasteiger partial charge in [-0.1, -0.05) is 32.9 Å². The molecule has 0 spiro atoms. The summed E-state index contributed by atoms with van der Waals surface area (Å²) in [4.78, 5) is 21.6. The first-order valence-electron chi connectivity index (χ1n) is 10.2. The van der Waals surface area contributed by atoms with Gasteiger partial charge in [0.2, 0.25) is 11.0 Å². The largest absolute Gasteiger partial charge is 0.341 e. The molecule has 156 valence electrons. The number of hydrogen-bond acceptors (Lipinski definition) is 5. The highest BCUT2D eigenvalue weighted by atomic mass is 32.1. The molecule has 1 aliphatic heterocycles. The maximum atomic E-state index is 13.1. The summed E-state index contributed by atoms with van der Waals surface area (Å²) < 4.78 is 17.5. The Hall–Kier alpha value is -2.02. The van der Waals surface area contributed by atoms with Gasteiger partial charge in [-0.05, 0) is 47.8 Å². The van der Waals surface area contributed by atoms with Crippen molar-refractivity contribution in [1.82, 2.24) is 14.3 Å². The molecule has 29 heavy (non-hydrogen) atoms. The van der Waals surface area contributed by atoms with E-state index >= 15 is 0 Å². The molecule has 2 aliphatic rings. The molecule has 2 atom stereocenters. The third kappa shape index (κ3) is 4.44. The summed E-state index contributed by atoms with van der Waals surface area (Å²) in [6.07, 6.45) is 3.94. The van der Waals surface area contributed by atoms with Gasteiger partial charge in [-0.25, -0.2) is 9.37 Å². The summed E-state index contributed by atoms with van der Waals surface area (Å²) in [7, 11) is 1.90. The quantitative estimate of drug-likeness (QED) is 0.735. The van der Waals surface area contributed by atoms with E-state index in [9.17, 15) is 9.18 Å². The monoisotopic (exact) mass is 416 g/mol. The van der Waals surface area contributed by atoms with Crippen molar-refractivity contribution in [2.75, 3.05) is 25.0 Å². The van der Waals surface area contributed by atoms with E-state index in [0.717, 1.165) is 30.1 Å². The zero-order valence-electron chi connectivity index (χ0n) is 17.6. The lowest BCUT2D eigenvalue weighted by Crippen LogP contribution is -2.42. The summed E-state index contributed by atoms with van der Waals surface area (Å²) >= 11 is 1.30. The van der Waals surface area contributed by atoms with Crippen LogP contribution < -0.4 is 4.90 Å². The summed E-state index contributed by atoms with van der Waals surface area (Å²) in [5.74, 6) is 0.624. The molecule has 1 amide bonds. The van der Waals surface area contributed by atoms with E-state index in [4.69, 9.17) is 0 Å². The summed E-state index contributed by atoms with van der Waals surface area (Å²) in [6.45, 7) is 8.14. The molecule has 2 aromatic rings. The van der Waals surface area contributed by atoms with Gasteiger partial charge in [0.1, 0.15) is 11.6 Å². The maximum absolute atomic E-state index is 13.1. The van der Waals surface area contributed by atoms with E-state index in [2.05, 4.69) is 35.0 Å². The normalized spacial score (nSPS) is 25.3. The smallest absolute Gasteiger partial charge is 0.242 e. The van der Waals surface area contributed by atoms with Gasteiger partial charge in [-0.15, -0.1) is 0 Å². The van der Waals surface area contributed by atoms with Crippen LogP contribution in [0, 0.1) is 16.6 Å². The van der Waals surface area contributed by atoms with E-state index in [1.807, 2.05) is 11.9 Å². The first-order chi connectivity index (χ1) is 13.6. The van der Waals surface area contributed by atoms with Crippen LogP contribution in [0.1, 0.15) is 51.4 Å². The zero-order chi connectivity index (χ0) is 20.8. The molecule has 7 heteroatoms. The molecule has 1 aliphatic carbocycles. The highest BCUT2D eigenvalue weighted by Gasteiger charge is 2.50. The first kappa shape index (κ1) is 20.3. The number of fused-ring (bicyclic) bond motifs is 2. The number of aromatic nitrogens is 2. The van der Waals surface area contributed by atoms with Crippen LogP contribution in [0.2, 0.25) is 0 Å². The van der Waals surface area contributed by atoms with Crippen LogP contribution in [-0.2, 0) is 11.2 Å². The number of rotatable bonds is 5. The lowest BCUT2D eigenvalue weighted by atomic mass is 9.65. The van der Waals surface area contributed by atoms with Crippen LogP contribution >= 0.6 is 11.5 Å². The highest BCUT2D eigenvalue weighted by molar-refractivity contribution is 7.09. The summed E-state index contributed by atoms with van der Waals surface area (Å²) in [5.41, 5.74) is 1.51. The molecule has 1 aromatic carbocycles. The van der Waals surface area contributed by atoms with Crippen LogP contribution in [0.25, 0.3) is 0 Å². The van der Waals surface area contributed by atoms with Crippen molar-refractivity contribution in [3.05, 3.63) is 41.5 Å². The fourth-order valence-electron chi connectivity index (χ4n) is 5.37. The molecule has 2 bridgehead atoms. The number of benzene rings is 1. The predicted octanol–water partition coefficient (Wildman–Crippen LogP) is 4.13. The minimum Gasteiger partial charge on any atom is -0.341 e. The van der Waals surface area contributed by atoms with E-state index in [-0.39, 0.29) is 17.1 Å². The number of nitrogens with zero attached hydrogens (tertiary/aromatic N) is 4. The number of carbonyl (C=O) groups excluding carboxylic acids is 1. The number of likely N-dealkylation sites (tertiary alicyclic amines) is 1. The maximum Gasteiger partial charge on any atom is 0.242 e. The molecule has 1 aromatic heterocycles. The summed E-state index contributed by atoms with van der Waals surface area (Å²) in [6, 6.07) is 6.74. The Morgan fingerprint density at radius 1 is 1.28 bits per heavy atom. The van der Waals surface area contributed by atoms with Gasteiger partial charge in [0, 0.05) is 37.6 Å². The van der Waals surface area contributed by atoms with Crippen molar-refractivity contribution in [2.24, 2.45) is 10.8 Å². The lowest BCUT2D eigenvalue weighted by Gasteiger charge is -2.39. The fourth-order valence-corrected chi connectivity index (χ4v) is 6.01. The van der Waals surface area contributed by atoms with Gasteiger partial charge in [-0.2, -0.15) is 4.37 Å². The fraction of sp³-hybridized carbons (Fsp3) is 0.591. The molecule has 1 saturated carbocycles. The third-order valence-corrected chi connectivity index (χ3v) is 7.04. The Bertz CT molecular complexity index is 896. The van der Waals surface area contributed by atoms with Gasteiger partial charge < -0.3 is 9.80 Å². The number of anilines is 1. The Morgan fingerprint density at radius 2 is 2.00 bits per heavy atom. The lowest BCUT2D eigenvalue weighted by molar-refractivity contribution is -0.130. The van der Waals surface area contributed by atoms with Crippen molar-refractivity contribution >= 4 is 22.6 Å². The van der Waals surface area contributed by atoms with Crippen LogP contribution in [0.4, 0.5) is 9.52 Å². The van der Waals surface area contributed by atoms with E-state index in [1.165, 1.54) is 30.1 Å². The molecule has 2 unspecified atom stereocenters. The number of likely N-dealkylation sites (N-methyl/N-ethyl adjacent to an activating group) is 1. The SMILES string of the molecule is CN(CC(=O)N1CC2(C)CC1CC(C)(C)C2)c1nc(Cc2ccc(F)cc2)ns1. The van der Waals surface area contributed by atoms with Gasteiger partial charge in [0.05, 0.1) is 6.54 Å². The molecule has 4 rings (SSSR count). The van der Waals surface area contributed by atoms with Crippen LogP contribution in [0.3, 0.4) is 0 Å². The summed E-state index contributed by atoms with van der Waals surface area (Å²) in [5, 5.41) is 0.740. The van der Waals surface area contributed by atoms with Gasteiger partial charge in [0.15, 0.2) is 0 Å². The van der Waals surface area contributed by atoms with E-state index < -0.39 is 0 Å². The topological polar surface area (TPSA) is 49.3 Å². The van der Waals surface area contributed by atoms with Crippen molar-refractivity contribution in [1.29, 1.82) is 0 Å². The Labute approximate surface area is 176 Å². The average Bonchev–Trinajstić information content (AvgIpc) is 3.18. The van der Waals surface area contributed by atoms with Gasteiger partial charge in [-0.3, -0.25) is 4.79 Å². The molecule has 2 heterocycles. The average molecular weight is 417 g/mol. The minimum atomic E-state index is -0.248. The number of amides is 1. The molecule has 5 nitrogen and oxygen atoms in total. The second-order valence-corrected chi connectivity index (χ2v) is 10.6. The van der Waals surface area contributed by atoms with E-state index in [0.29, 0.717) is 30.2 Å². The Kier molecular flexibility index (Phi) is 5.13. The molecular weight excluding hydrogens is 387 g/mol. The molecule has 0 N–H and O–H groups in total. The van der Waals surface area contributed by atoms with Gasteiger partial charge in [0.25, 0.3) is 0 Å². The van der Waals surface area contributed by atoms with Crippen molar-refractivity contribution in [3.63, 3.8) is 0 Å². The van der Waals surface area contributed by atoms with E-state index in [1.54, 1.807) is 12.1 Å². The van der Waals surface area contributed by atoms with Crippen LogP contribution in [-0.4, -0.2) is 46.3 Å². The zero-order valence-corrected chi connectivity index (χ0v) is 18.4. The Morgan fingerprint density at radius 3 is 2.72 bits per heavy atom. The molecule has 2 fully saturated rings. The van der Waals surface area contributed by atoms with Crippen LogP contribution in [0.15, 0.2) is 24.3 Å². The van der Waals surface area contributed by atoms with Crippen LogP contribution in [0.5, 0.6) is 0 Å². The molecule has 1 saturated heterocycles. The number of carbonyl (C=O) groups is 1. The third-order valence-electron chi connectivity index (χ3n) is 6.17. The van der Waals surface area contributed by atoms with Crippen molar-refractivity contribution in [3.8, 4) is 0 Å². The second kappa shape index (κ2) is 7.35. The standard InChI is InChI=1S/C22H29FN4OS/c1-21(2)10-17-11-22(3,13-21)14-27(17)19(28)12-26(4)20-24-18(25-29-20)9-15-5-7-16(23)8-6-15/h5-8,17H,9-14H2,1-4H3. The Balaban J connectivity index is 1.38. The molecule has 0 radical (unpaired) electrons.